The molecule has 0 aromatic carbocycles. The van der Waals surface area contributed by atoms with Crippen molar-refractivity contribution in [1.82, 2.24) is 10.3 Å². The van der Waals surface area contributed by atoms with E-state index in [1.54, 1.807) is 0 Å². The summed E-state index contributed by atoms with van der Waals surface area (Å²) >= 11 is 6.13. The Morgan fingerprint density at radius 2 is 2.28 bits per heavy atom. The monoisotopic (exact) mass is 268 g/mol. The van der Waals surface area contributed by atoms with Crippen LogP contribution in [0.3, 0.4) is 0 Å². The third-order valence-electron chi connectivity index (χ3n) is 3.20. The molecule has 98 valence electrons. The molecule has 2 fully saturated rings. The molecule has 1 aromatic heterocycles. The van der Waals surface area contributed by atoms with Gasteiger partial charge < -0.3 is 14.8 Å². The number of pyridine rings is 1. The van der Waals surface area contributed by atoms with E-state index in [1.165, 1.54) is 12.8 Å². The molecule has 0 radical (unpaired) electrons. The Morgan fingerprint density at radius 3 is 3.00 bits per heavy atom. The van der Waals surface area contributed by atoms with Crippen molar-refractivity contribution in [3.05, 3.63) is 22.8 Å². The Balaban J connectivity index is 1.63. The van der Waals surface area contributed by atoms with Crippen LogP contribution >= 0.6 is 11.6 Å². The molecule has 0 spiro atoms. The lowest BCUT2D eigenvalue weighted by molar-refractivity contribution is 0.138. The van der Waals surface area contributed by atoms with Crippen LogP contribution in [0, 0.1) is 0 Å². The van der Waals surface area contributed by atoms with Crippen LogP contribution in [-0.4, -0.2) is 30.3 Å². The quantitative estimate of drug-likeness (QED) is 0.889. The van der Waals surface area contributed by atoms with Gasteiger partial charge in [-0.3, -0.25) is 0 Å². The first kappa shape index (κ1) is 12.2. The van der Waals surface area contributed by atoms with E-state index in [-0.39, 0.29) is 6.10 Å². The van der Waals surface area contributed by atoms with Crippen molar-refractivity contribution in [2.75, 3.05) is 13.2 Å². The molecule has 2 heterocycles. The van der Waals surface area contributed by atoms with Crippen molar-refractivity contribution < 1.29 is 9.47 Å². The highest BCUT2D eigenvalue weighted by molar-refractivity contribution is 6.31. The van der Waals surface area contributed by atoms with E-state index in [9.17, 15) is 0 Å². The molecule has 1 atom stereocenters. The summed E-state index contributed by atoms with van der Waals surface area (Å²) in [5.74, 6) is 0.641. The Bertz CT molecular complexity index is 417. The van der Waals surface area contributed by atoms with Crippen molar-refractivity contribution in [3.8, 4) is 5.88 Å². The van der Waals surface area contributed by atoms with E-state index in [2.05, 4.69) is 10.3 Å². The highest BCUT2D eigenvalue weighted by Gasteiger charge is 2.21. The summed E-state index contributed by atoms with van der Waals surface area (Å²) in [5.41, 5.74) is 0.861. The first-order valence-electron chi connectivity index (χ1n) is 6.44. The van der Waals surface area contributed by atoms with Gasteiger partial charge in [0.15, 0.2) is 0 Å². The highest BCUT2D eigenvalue weighted by atomic mass is 35.5. The fraction of sp³-hybridized carbons (Fsp3) is 0.615. The number of rotatable bonds is 5. The van der Waals surface area contributed by atoms with Gasteiger partial charge in [-0.15, -0.1) is 0 Å². The maximum Gasteiger partial charge on any atom is 0.213 e. The molecule has 1 aliphatic carbocycles. The van der Waals surface area contributed by atoms with Crippen molar-refractivity contribution in [3.63, 3.8) is 0 Å². The number of nitrogens with zero attached hydrogens (tertiary/aromatic N) is 1. The van der Waals surface area contributed by atoms with E-state index in [0.717, 1.165) is 18.7 Å². The van der Waals surface area contributed by atoms with E-state index in [0.29, 0.717) is 30.1 Å². The van der Waals surface area contributed by atoms with Gasteiger partial charge in [0.05, 0.1) is 23.9 Å². The predicted molar refractivity (Wildman–Crippen MR) is 69.0 cm³/mol. The Morgan fingerprint density at radius 1 is 1.39 bits per heavy atom. The average Bonchev–Trinajstić information content (AvgIpc) is 3.07. The van der Waals surface area contributed by atoms with Gasteiger partial charge in [-0.1, -0.05) is 11.6 Å². The number of aromatic nitrogens is 1. The molecule has 1 aromatic rings. The lowest BCUT2D eigenvalue weighted by Crippen LogP contribution is -2.19. The van der Waals surface area contributed by atoms with Gasteiger partial charge >= 0.3 is 0 Å². The minimum absolute atomic E-state index is 0.128. The molecule has 1 saturated heterocycles. The molecular formula is C13H17ClN2O2. The van der Waals surface area contributed by atoms with Gasteiger partial charge in [0.1, 0.15) is 6.10 Å². The summed E-state index contributed by atoms with van der Waals surface area (Å²) in [5, 5.41) is 4.10. The summed E-state index contributed by atoms with van der Waals surface area (Å²) < 4.78 is 11.1. The number of halogens is 1. The van der Waals surface area contributed by atoms with Gasteiger partial charge in [-0.2, -0.15) is 0 Å². The molecular weight excluding hydrogens is 252 g/mol. The Kier molecular flexibility index (Phi) is 3.68. The average molecular weight is 269 g/mol. The second-order valence-corrected chi connectivity index (χ2v) is 5.24. The van der Waals surface area contributed by atoms with E-state index in [1.807, 2.05) is 12.1 Å². The minimum Gasteiger partial charge on any atom is -0.472 e. The van der Waals surface area contributed by atoms with Crippen LogP contribution in [0.2, 0.25) is 5.02 Å². The second kappa shape index (κ2) is 5.43. The molecule has 2 aliphatic rings. The zero-order valence-electron chi connectivity index (χ0n) is 10.2. The van der Waals surface area contributed by atoms with E-state index >= 15 is 0 Å². The number of hydrogen-bond donors (Lipinski definition) is 1. The molecule has 1 unspecified atom stereocenters. The summed E-state index contributed by atoms with van der Waals surface area (Å²) in [6.45, 7) is 2.14. The summed E-state index contributed by atoms with van der Waals surface area (Å²) in [7, 11) is 0. The number of nitrogens with one attached hydrogen (secondary N) is 1. The van der Waals surface area contributed by atoms with Crippen molar-refractivity contribution in [1.29, 1.82) is 0 Å². The fourth-order valence-corrected chi connectivity index (χ4v) is 2.13. The summed E-state index contributed by atoms with van der Waals surface area (Å²) in [6, 6.07) is 4.32. The van der Waals surface area contributed by atoms with Crippen LogP contribution < -0.4 is 10.1 Å². The topological polar surface area (TPSA) is 43.4 Å². The van der Waals surface area contributed by atoms with Gasteiger partial charge in [0, 0.05) is 25.1 Å². The van der Waals surface area contributed by atoms with Crippen LogP contribution in [0.5, 0.6) is 5.88 Å². The van der Waals surface area contributed by atoms with Gasteiger partial charge in [0.2, 0.25) is 5.88 Å². The lowest BCUT2D eigenvalue weighted by Gasteiger charge is -2.12. The van der Waals surface area contributed by atoms with Gasteiger partial charge in [-0.05, 0) is 18.9 Å². The normalized spacial score (nSPS) is 23.3. The van der Waals surface area contributed by atoms with Gasteiger partial charge in [0.25, 0.3) is 0 Å². The molecule has 1 N–H and O–H groups in total. The number of ether oxygens (including phenoxy) is 2. The Hall–Kier alpha value is -0.840. The first-order valence-corrected chi connectivity index (χ1v) is 6.82. The zero-order valence-corrected chi connectivity index (χ0v) is 10.9. The van der Waals surface area contributed by atoms with Crippen molar-refractivity contribution in [2.24, 2.45) is 0 Å². The highest BCUT2D eigenvalue weighted by Crippen LogP contribution is 2.23. The molecule has 5 heteroatoms. The van der Waals surface area contributed by atoms with Crippen molar-refractivity contribution in [2.45, 2.75) is 38.0 Å². The predicted octanol–water partition coefficient (Wildman–Crippen LogP) is 2.15. The fourth-order valence-electron chi connectivity index (χ4n) is 1.96. The molecule has 3 rings (SSSR count). The molecule has 0 amide bonds. The van der Waals surface area contributed by atoms with Gasteiger partial charge in [-0.25, -0.2) is 4.98 Å². The van der Waals surface area contributed by atoms with Crippen LogP contribution in [0.15, 0.2) is 12.1 Å². The first-order chi connectivity index (χ1) is 8.81. The lowest BCUT2D eigenvalue weighted by atomic mass is 10.3. The third-order valence-corrected chi connectivity index (χ3v) is 3.55. The van der Waals surface area contributed by atoms with E-state index < -0.39 is 0 Å². The Labute approximate surface area is 112 Å². The maximum absolute atomic E-state index is 6.13. The maximum atomic E-state index is 6.13. The van der Waals surface area contributed by atoms with E-state index in [4.69, 9.17) is 21.1 Å². The SMILES string of the molecule is Clc1ccc(OC2CCOC2)nc1CNC1CC1. The zero-order chi connectivity index (χ0) is 12.4. The molecule has 1 aliphatic heterocycles. The third kappa shape index (κ3) is 3.13. The molecule has 1 saturated carbocycles. The van der Waals surface area contributed by atoms with Crippen molar-refractivity contribution >= 4 is 11.6 Å². The number of hydrogen-bond acceptors (Lipinski definition) is 4. The van der Waals surface area contributed by atoms with Crippen LogP contribution in [-0.2, 0) is 11.3 Å². The largest absolute Gasteiger partial charge is 0.472 e. The summed E-state index contributed by atoms with van der Waals surface area (Å²) in [6.07, 6.45) is 3.57. The van der Waals surface area contributed by atoms with Crippen LogP contribution in [0.1, 0.15) is 25.0 Å². The second-order valence-electron chi connectivity index (χ2n) is 4.84. The molecule has 18 heavy (non-hydrogen) atoms. The standard InChI is InChI=1S/C13H17ClN2O2/c14-11-3-4-13(18-10-5-6-17-8-10)16-12(11)7-15-9-1-2-9/h3-4,9-10,15H,1-2,5-8H2. The summed E-state index contributed by atoms with van der Waals surface area (Å²) in [4.78, 5) is 4.46. The van der Waals surface area contributed by atoms with Crippen LogP contribution in [0.4, 0.5) is 0 Å². The minimum atomic E-state index is 0.128. The molecule has 0 bridgehead atoms. The van der Waals surface area contributed by atoms with Crippen LogP contribution in [0.25, 0.3) is 0 Å². The molecule has 4 nitrogen and oxygen atoms in total. The smallest absolute Gasteiger partial charge is 0.213 e.